The Morgan fingerprint density at radius 1 is 1.02 bits per heavy atom. The molecule has 2 aromatic carbocycles. The Morgan fingerprint density at radius 2 is 1.73 bits per heavy atom. The smallest absolute Gasteiger partial charge is 0.223 e. The number of unbranched alkanes of at least 4 members (excludes halogenated alkanes) is 1. The van der Waals surface area contributed by atoms with Gasteiger partial charge < -0.3 is 28.6 Å². The normalized spacial score (nSPS) is 12.4. The number of nitrogens with zero attached hydrogens (tertiary/aromatic N) is 1. The summed E-state index contributed by atoms with van der Waals surface area (Å²) in [5, 5.41) is 0.695. The van der Waals surface area contributed by atoms with Gasteiger partial charge in [0.1, 0.15) is 6.29 Å². The first kappa shape index (κ1) is 30.6. The van der Waals surface area contributed by atoms with Crippen LogP contribution in [0.4, 0.5) is 4.39 Å². The van der Waals surface area contributed by atoms with Gasteiger partial charge in [-0.1, -0.05) is 24.9 Å². The lowest BCUT2D eigenvalue weighted by Crippen LogP contribution is -2.24. The molecular formula is C30H33ClFNO7S. The van der Waals surface area contributed by atoms with Crippen molar-refractivity contribution in [2.24, 2.45) is 0 Å². The lowest BCUT2D eigenvalue weighted by Gasteiger charge is -2.16. The second kappa shape index (κ2) is 14.0. The lowest BCUT2D eigenvalue weighted by molar-refractivity contribution is -0.132. The maximum Gasteiger partial charge on any atom is 0.223 e. The van der Waals surface area contributed by atoms with E-state index in [9.17, 15) is 14.4 Å². The Kier molecular flexibility index (Phi) is 10.4. The Balaban J connectivity index is 1.40. The van der Waals surface area contributed by atoms with E-state index in [0.29, 0.717) is 57.4 Å². The van der Waals surface area contributed by atoms with Crippen LogP contribution in [0.15, 0.2) is 18.2 Å². The second-order valence-electron chi connectivity index (χ2n) is 9.64. The van der Waals surface area contributed by atoms with E-state index >= 15 is 4.39 Å². The maximum atomic E-state index is 15.4. The molecule has 4 rings (SSSR count). The Bertz CT molecular complexity index is 1440. The number of aldehydes is 1. The second-order valence-corrected chi connectivity index (χ2v) is 11.1. The van der Waals surface area contributed by atoms with Crippen LogP contribution in [-0.2, 0) is 22.7 Å². The number of carbonyl (C=O) groups excluding carboxylic acids is 3. The summed E-state index contributed by atoms with van der Waals surface area (Å²) < 4.78 is 38.7. The third kappa shape index (κ3) is 6.76. The molecule has 0 spiro atoms. The highest BCUT2D eigenvalue weighted by Gasteiger charge is 2.29. The van der Waals surface area contributed by atoms with Crippen molar-refractivity contribution in [3.05, 3.63) is 45.0 Å². The zero-order chi connectivity index (χ0) is 29.5. The molecule has 1 aromatic heterocycles. The number of rotatable bonds is 15. The summed E-state index contributed by atoms with van der Waals surface area (Å²) in [7, 11) is 2.95. The molecule has 0 aliphatic carbocycles. The summed E-state index contributed by atoms with van der Waals surface area (Å²) >= 11 is 7.92. The van der Waals surface area contributed by atoms with E-state index in [1.165, 1.54) is 25.6 Å². The van der Waals surface area contributed by atoms with Crippen LogP contribution in [0.1, 0.15) is 66.2 Å². The van der Waals surface area contributed by atoms with Crippen LogP contribution in [0.25, 0.3) is 10.1 Å². The van der Waals surface area contributed by atoms with Crippen LogP contribution in [0, 0.1) is 5.82 Å². The molecule has 41 heavy (non-hydrogen) atoms. The van der Waals surface area contributed by atoms with Gasteiger partial charge in [0.05, 0.1) is 37.3 Å². The number of halogens is 2. The number of carbonyl (C=O) groups is 3. The van der Waals surface area contributed by atoms with Crippen LogP contribution in [0.5, 0.6) is 23.0 Å². The minimum absolute atomic E-state index is 0.00360. The summed E-state index contributed by atoms with van der Waals surface area (Å²) in [6.45, 7) is 3.07. The van der Waals surface area contributed by atoms with Crippen molar-refractivity contribution in [3.8, 4) is 23.0 Å². The fraction of sp³-hybridized carbons (Fsp3) is 0.433. The molecule has 2 heterocycles. The monoisotopic (exact) mass is 605 g/mol. The first-order chi connectivity index (χ1) is 19.8. The summed E-state index contributed by atoms with van der Waals surface area (Å²) in [6.07, 6.45) is 3.59. The number of ketones is 1. The van der Waals surface area contributed by atoms with Crippen molar-refractivity contribution in [2.45, 2.75) is 58.5 Å². The van der Waals surface area contributed by atoms with Crippen LogP contribution in [-0.4, -0.2) is 50.3 Å². The van der Waals surface area contributed by atoms with E-state index in [4.69, 9.17) is 30.5 Å². The summed E-state index contributed by atoms with van der Waals surface area (Å²) in [6, 6.07) is 5.08. The van der Waals surface area contributed by atoms with Gasteiger partial charge in [-0.25, -0.2) is 4.39 Å². The molecule has 220 valence electrons. The molecule has 1 aliphatic heterocycles. The minimum atomic E-state index is -0.568. The van der Waals surface area contributed by atoms with Gasteiger partial charge in [0, 0.05) is 54.9 Å². The van der Waals surface area contributed by atoms with Crippen molar-refractivity contribution < 1.29 is 37.7 Å². The van der Waals surface area contributed by atoms with Crippen molar-refractivity contribution >= 4 is 51.0 Å². The third-order valence-electron chi connectivity index (χ3n) is 6.86. The number of hydrogen-bond acceptors (Lipinski definition) is 8. The van der Waals surface area contributed by atoms with Gasteiger partial charge in [0.2, 0.25) is 5.91 Å². The summed E-state index contributed by atoms with van der Waals surface area (Å²) in [5.41, 5.74) is 1.64. The fourth-order valence-electron chi connectivity index (χ4n) is 4.65. The first-order valence-corrected chi connectivity index (χ1v) is 14.7. The highest BCUT2D eigenvalue weighted by Crippen LogP contribution is 2.44. The van der Waals surface area contributed by atoms with Gasteiger partial charge in [-0.05, 0) is 29.7 Å². The number of hydrogen-bond donors (Lipinski definition) is 0. The predicted octanol–water partition coefficient (Wildman–Crippen LogP) is 6.75. The van der Waals surface area contributed by atoms with Crippen LogP contribution < -0.4 is 18.9 Å². The topological polar surface area (TPSA) is 91.4 Å². The number of fused-ring (bicyclic) bond motifs is 2. The maximum absolute atomic E-state index is 15.4. The van der Waals surface area contributed by atoms with Crippen LogP contribution >= 0.6 is 22.9 Å². The molecule has 0 fully saturated rings. The van der Waals surface area contributed by atoms with E-state index in [0.717, 1.165) is 30.3 Å². The van der Waals surface area contributed by atoms with E-state index < -0.39 is 5.82 Å². The Hall–Kier alpha value is -3.37. The van der Waals surface area contributed by atoms with E-state index in [2.05, 4.69) is 0 Å². The summed E-state index contributed by atoms with van der Waals surface area (Å²) in [4.78, 5) is 37.7. The molecule has 0 unspecified atom stereocenters. The molecule has 0 N–H and O–H groups in total. The molecule has 0 saturated heterocycles. The average molecular weight is 606 g/mol. The van der Waals surface area contributed by atoms with Gasteiger partial charge in [-0.15, -0.1) is 11.3 Å². The number of methoxy groups -OCH3 is 2. The van der Waals surface area contributed by atoms with Gasteiger partial charge >= 0.3 is 0 Å². The molecule has 11 heteroatoms. The zero-order valence-electron chi connectivity index (χ0n) is 23.3. The van der Waals surface area contributed by atoms with E-state index in [1.54, 1.807) is 23.1 Å². The highest BCUT2D eigenvalue weighted by molar-refractivity contribution is 7.20. The first-order valence-electron chi connectivity index (χ1n) is 13.5. The predicted molar refractivity (Wildman–Crippen MR) is 155 cm³/mol. The molecular weight excluding hydrogens is 573 g/mol. The van der Waals surface area contributed by atoms with Crippen molar-refractivity contribution in [2.75, 3.05) is 27.4 Å². The number of benzene rings is 2. The number of Topliss-reactive ketones (excluding diaryl/α,β-unsaturated/α-hetero) is 1. The molecule has 8 nitrogen and oxygen atoms in total. The lowest BCUT2D eigenvalue weighted by atomic mass is 10.1. The molecule has 0 saturated carbocycles. The van der Waals surface area contributed by atoms with Crippen LogP contribution in [0.3, 0.4) is 0 Å². The van der Waals surface area contributed by atoms with Gasteiger partial charge in [-0.2, -0.15) is 0 Å². The van der Waals surface area contributed by atoms with E-state index in [1.807, 2.05) is 6.92 Å². The minimum Gasteiger partial charge on any atom is -0.493 e. The van der Waals surface area contributed by atoms with E-state index in [-0.39, 0.29) is 49.2 Å². The number of ether oxygens (including phenoxy) is 4. The van der Waals surface area contributed by atoms with Gasteiger partial charge in [0.15, 0.2) is 34.6 Å². The van der Waals surface area contributed by atoms with Gasteiger partial charge in [-0.3, -0.25) is 9.59 Å². The Morgan fingerprint density at radius 3 is 2.41 bits per heavy atom. The van der Waals surface area contributed by atoms with Crippen molar-refractivity contribution in [3.63, 3.8) is 0 Å². The average Bonchev–Trinajstić information content (AvgIpc) is 3.61. The SMILES string of the molecule is CCCCC(=O)c1cc2c(F)c(OCCCOc3c(OC)cc4c(c3Cl)CN(C(=O)CCC=O)C4)c(OC)cc2s1. The fourth-order valence-corrected chi connectivity index (χ4v) is 6.04. The number of thiophene rings is 1. The molecule has 0 bridgehead atoms. The van der Waals surface area contributed by atoms with Crippen LogP contribution in [0.2, 0.25) is 5.02 Å². The molecule has 1 amide bonds. The standard InChI is InChI=1S/C30H33ClFNO7S/c1-4-5-8-21(35)25-14-19-24(41-25)15-23(38-3)30(28(19)32)40-12-7-11-39-29-22(37-2)13-18-16-33(17-20(18)27(29)31)26(36)9-6-10-34/h10,13-15H,4-9,11-12,16-17H2,1-3H3. The largest absolute Gasteiger partial charge is 0.493 e. The quantitative estimate of drug-likeness (QED) is 0.107. The van der Waals surface area contributed by atoms with Gasteiger partial charge in [0.25, 0.3) is 0 Å². The zero-order valence-corrected chi connectivity index (χ0v) is 24.9. The molecule has 0 radical (unpaired) electrons. The van der Waals surface area contributed by atoms with Crippen molar-refractivity contribution in [1.82, 2.24) is 4.90 Å². The Labute approximate surface area is 247 Å². The van der Waals surface area contributed by atoms with Crippen molar-refractivity contribution in [1.29, 1.82) is 0 Å². The molecule has 3 aromatic rings. The third-order valence-corrected chi connectivity index (χ3v) is 8.38. The molecule has 0 atom stereocenters. The highest BCUT2D eigenvalue weighted by atomic mass is 35.5. The number of amides is 1. The molecule has 1 aliphatic rings. The summed E-state index contributed by atoms with van der Waals surface area (Å²) in [5.74, 6) is 0.352.